The van der Waals surface area contributed by atoms with Gasteiger partial charge in [0, 0.05) is 0 Å². The molecule has 0 fully saturated rings. The molecule has 184 valence electrons. The van der Waals surface area contributed by atoms with Crippen LogP contribution in [0.5, 0.6) is 17.2 Å². The van der Waals surface area contributed by atoms with Crippen molar-refractivity contribution in [2.24, 2.45) is 0 Å². The maximum atomic E-state index is 12.9. The highest BCUT2D eigenvalue weighted by Gasteiger charge is 2.26. The van der Waals surface area contributed by atoms with Crippen LogP contribution in [0.1, 0.15) is 41.4 Å². The number of carbonyl (C=O) groups is 4. The fraction of sp³-hybridized carbons (Fsp3) is 0.0345. The number of methoxy groups -OCH3 is 1. The minimum absolute atomic E-state index is 0.103. The van der Waals surface area contributed by atoms with Gasteiger partial charge in [0.2, 0.25) is 5.75 Å². The van der Waals surface area contributed by atoms with Gasteiger partial charge in [-0.3, -0.25) is 0 Å². The van der Waals surface area contributed by atoms with Crippen LogP contribution in [-0.4, -0.2) is 31.0 Å². The Morgan fingerprint density at radius 1 is 0.459 bits per heavy atom. The molecule has 0 heterocycles. The van der Waals surface area contributed by atoms with Gasteiger partial charge in [0.15, 0.2) is 11.5 Å². The summed E-state index contributed by atoms with van der Waals surface area (Å²) < 4.78 is 21.4. The first-order valence-electron chi connectivity index (χ1n) is 11.0. The summed E-state index contributed by atoms with van der Waals surface area (Å²) in [7, 11) is 1.16. The quantitative estimate of drug-likeness (QED) is 0.256. The fourth-order valence-corrected chi connectivity index (χ4v) is 3.26. The molecule has 4 aromatic carbocycles. The van der Waals surface area contributed by atoms with E-state index in [1.807, 2.05) is 0 Å². The van der Waals surface area contributed by atoms with Crippen molar-refractivity contribution in [3.8, 4) is 17.2 Å². The zero-order valence-corrected chi connectivity index (χ0v) is 19.6. The number of hydrogen-bond donors (Lipinski definition) is 0. The Morgan fingerprint density at radius 3 is 1.16 bits per heavy atom. The van der Waals surface area contributed by atoms with Gasteiger partial charge in [-0.2, -0.15) is 0 Å². The van der Waals surface area contributed by atoms with Crippen molar-refractivity contribution >= 4 is 23.9 Å². The molecule has 4 aromatic rings. The maximum Gasteiger partial charge on any atom is 0.343 e. The van der Waals surface area contributed by atoms with Crippen LogP contribution in [0.4, 0.5) is 0 Å². The number of esters is 4. The summed E-state index contributed by atoms with van der Waals surface area (Å²) in [5, 5.41) is 0. The lowest BCUT2D eigenvalue weighted by Gasteiger charge is -2.16. The lowest BCUT2D eigenvalue weighted by Crippen LogP contribution is -2.16. The van der Waals surface area contributed by atoms with E-state index in [0.29, 0.717) is 0 Å². The third kappa shape index (κ3) is 6.07. The Morgan fingerprint density at radius 2 is 0.811 bits per heavy atom. The average Bonchev–Trinajstić information content (AvgIpc) is 2.95. The number of carbonyl (C=O) groups excluding carboxylic acids is 4. The zero-order chi connectivity index (χ0) is 26.2. The smallest absolute Gasteiger partial charge is 0.343 e. The second kappa shape index (κ2) is 11.5. The molecule has 0 spiro atoms. The molecule has 0 saturated heterocycles. The molecule has 0 radical (unpaired) electrons. The van der Waals surface area contributed by atoms with Crippen LogP contribution in [-0.2, 0) is 4.74 Å². The topological polar surface area (TPSA) is 105 Å². The molecule has 0 saturated carbocycles. The molecule has 37 heavy (non-hydrogen) atoms. The van der Waals surface area contributed by atoms with E-state index >= 15 is 0 Å². The normalized spacial score (nSPS) is 10.2. The highest BCUT2D eigenvalue weighted by atomic mass is 16.6. The van der Waals surface area contributed by atoms with Crippen LogP contribution >= 0.6 is 0 Å². The van der Waals surface area contributed by atoms with Crippen molar-refractivity contribution in [3.05, 3.63) is 125 Å². The minimum Gasteiger partial charge on any atom is -0.465 e. The standard InChI is InChI=1S/C29H20O8/c1-34-26(30)22-17-23(35-27(31)19-11-5-2-6-12-19)25(37-29(33)21-15-9-4-10-16-21)24(18-22)36-28(32)20-13-7-3-8-14-20/h2-18H,1H3. The Hall–Kier alpha value is -5.24. The number of hydrogen-bond acceptors (Lipinski definition) is 8. The van der Waals surface area contributed by atoms with E-state index in [0.717, 1.165) is 7.11 Å². The van der Waals surface area contributed by atoms with Gasteiger partial charge in [-0.25, -0.2) is 19.2 Å². The first-order valence-corrected chi connectivity index (χ1v) is 11.0. The van der Waals surface area contributed by atoms with Gasteiger partial charge in [-0.1, -0.05) is 54.6 Å². The summed E-state index contributed by atoms with van der Waals surface area (Å²) in [5.41, 5.74) is 0.497. The molecule has 0 bridgehead atoms. The molecular weight excluding hydrogens is 476 g/mol. The van der Waals surface area contributed by atoms with Gasteiger partial charge in [-0.05, 0) is 48.5 Å². The molecule has 8 heteroatoms. The second-order valence-corrected chi connectivity index (χ2v) is 7.56. The summed E-state index contributed by atoms with van der Waals surface area (Å²) in [6.07, 6.45) is 0. The minimum atomic E-state index is -0.805. The SMILES string of the molecule is COC(=O)c1cc(OC(=O)c2ccccc2)c(OC(=O)c2ccccc2)c(OC(=O)c2ccccc2)c1. The van der Waals surface area contributed by atoms with Gasteiger partial charge >= 0.3 is 23.9 Å². The first-order chi connectivity index (χ1) is 18.0. The number of ether oxygens (including phenoxy) is 4. The van der Waals surface area contributed by atoms with E-state index in [9.17, 15) is 19.2 Å². The second-order valence-electron chi connectivity index (χ2n) is 7.56. The number of rotatable bonds is 7. The van der Waals surface area contributed by atoms with Gasteiger partial charge in [0.25, 0.3) is 0 Å². The summed E-state index contributed by atoms with van der Waals surface area (Å²) in [6, 6.07) is 26.5. The van der Waals surface area contributed by atoms with Crippen molar-refractivity contribution in [3.63, 3.8) is 0 Å². The van der Waals surface area contributed by atoms with Crippen molar-refractivity contribution in [1.29, 1.82) is 0 Å². The molecule has 4 rings (SSSR count). The predicted molar refractivity (Wildman–Crippen MR) is 132 cm³/mol. The van der Waals surface area contributed by atoms with E-state index < -0.39 is 23.9 Å². The Kier molecular flexibility index (Phi) is 7.70. The first kappa shape index (κ1) is 24.9. The molecule has 8 nitrogen and oxygen atoms in total. The van der Waals surface area contributed by atoms with Gasteiger partial charge < -0.3 is 18.9 Å². The van der Waals surface area contributed by atoms with Crippen LogP contribution in [0, 0.1) is 0 Å². The molecule has 0 unspecified atom stereocenters. The Labute approximate surface area is 212 Å². The van der Waals surface area contributed by atoms with Crippen LogP contribution in [0.25, 0.3) is 0 Å². The van der Waals surface area contributed by atoms with Crippen LogP contribution in [0.2, 0.25) is 0 Å². The molecule has 0 aliphatic heterocycles. The zero-order valence-electron chi connectivity index (χ0n) is 19.6. The van der Waals surface area contributed by atoms with Crippen LogP contribution in [0.15, 0.2) is 103 Å². The average molecular weight is 496 g/mol. The van der Waals surface area contributed by atoms with E-state index in [-0.39, 0.29) is 39.5 Å². The van der Waals surface area contributed by atoms with E-state index in [1.54, 1.807) is 54.6 Å². The number of benzene rings is 4. The summed E-state index contributed by atoms with van der Waals surface area (Å²) >= 11 is 0. The molecule has 0 N–H and O–H groups in total. The summed E-state index contributed by atoms with van der Waals surface area (Å²) in [5.74, 6) is -4.20. The van der Waals surface area contributed by atoms with E-state index in [2.05, 4.69) is 0 Å². The largest absolute Gasteiger partial charge is 0.465 e. The van der Waals surface area contributed by atoms with Gasteiger partial charge in [0.1, 0.15) is 0 Å². The van der Waals surface area contributed by atoms with Crippen molar-refractivity contribution in [2.45, 2.75) is 0 Å². The maximum absolute atomic E-state index is 12.9. The van der Waals surface area contributed by atoms with Crippen molar-refractivity contribution in [1.82, 2.24) is 0 Å². The van der Waals surface area contributed by atoms with E-state index in [4.69, 9.17) is 18.9 Å². The van der Waals surface area contributed by atoms with E-state index in [1.165, 1.54) is 48.5 Å². The molecule has 0 amide bonds. The lowest BCUT2D eigenvalue weighted by atomic mass is 10.1. The van der Waals surface area contributed by atoms with Crippen LogP contribution < -0.4 is 14.2 Å². The lowest BCUT2D eigenvalue weighted by molar-refractivity contribution is 0.0592. The molecular formula is C29H20O8. The Balaban J connectivity index is 1.81. The van der Waals surface area contributed by atoms with Gasteiger partial charge in [0.05, 0.1) is 29.4 Å². The van der Waals surface area contributed by atoms with Gasteiger partial charge in [-0.15, -0.1) is 0 Å². The summed E-state index contributed by atoms with van der Waals surface area (Å²) in [6.45, 7) is 0. The third-order valence-electron chi connectivity index (χ3n) is 5.07. The van der Waals surface area contributed by atoms with Crippen molar-refractivity contribution < 1.29 is 38.1 Å². The highest BCUT2D eigenvalue weighted by molar-refractivity contribution is 5.97. The van der Waals surface area contributed by atoms with Crippen molar-refractivity contribution in [2.75, 3.05) is 7.11 Å². The predicted octanol–water partition coefficient (Wildman–Crippen LogP) is 5.13. The monoisotopic (exact) mass is 496 g/mol. The third-order valence-corrected chi connectivity index (χ3v) is 5.07. The molecule has 0 aliphatic rings. The van der Waals surface area contributed by atoms with Crippen LogP contribution in [0.3, 0.4) is 0 Å². The molecule has 0 atom stereocenters. The Bertz CT molecular complexity index is 1360. The molecule has 0 aliphatic carbocycles. The highest BCUT2D eigenvalue weighted by Crippen LogP contribution is 2.40. The summed E-state index contributed by atoms with van der Waals surface area (Å²) in [4.78, 5) is 51.0. The molecule has 0 aromatic heterocycles. The fourth-order valence-electron chi connectivity index (χ4n) is 3.26.